The first-order valence-corrected chi connectivity index (χ1v) is 6.02. The highest BCUT2D eigenvalue weighted by Gasteiger charge is 2.22. The molecule has 1 heterocycles. The first-order chi connectivity index (χ1) is 8.06. The Kier molecular flexibility index (Phi) is 5.10. The third kappa shape index (κ3) is 3.82. The van der Waals surface area contributed by atoms with Gasteiger partial charge in [0, 0.05) is 12.2 Å². The summed E-state index contributed by atoms with van der Waals surface area (Å²) >= 11 is 0. The molecule has 4 heteroatoms. The highest BCUT2D eigenvalue weighted by molar-refractivity contribution is 5.81. The predicted molar refractivity (Wildman–Crippen MR) is 68.2 cm³/mol. The lowest BCUT2D eigenvalue weighted by Crippen LogP contribution is -2.46. The smallest absolute Gasteiger partial charge is 0.240 e. The van der Waals surface area contributed by atoms with Crippen LogP contribution < -0.4 is 5.73 Å². The summed E-state index contributed by atoms with van der Waals surface area (Å²) in [5, 5.41) is 0. The van der Waals surface area contributed by atoms with Gasteiger partial charge >= 0.3 is 0 Å². The summed E-state index contributed by atoms with van der Waals surface area (Å²) in [6.45, 7) is 6.42. The van der Waals surface area contributed by atoms with Crippen molar-refractivity contribution in [1.29, 1.82) is 0 Å². The largest absolute Gasteiger partial charge is 0.333 e. The summed E-state index contributed by atoms with van der Waals surface area (Å²) in [4.78, 5) is 18.1. The summed E-state index contributed by atoms with van der Waals surface area (Å²) in [5.41, 5.74) is 6.68. The molecule has 4 nitrogen and oxygen atoms in total. The fourth-order valence-corrected chi connectivity index (χ4v) is 1.57. The molecule has 0 aliphatic carbocycles. The van der Waals surface area contributed by atoms with Crippen molar-refractivity contribution >= 4 is 5.91 Å². The van der Waals surface area contributed by atoms with Gasteiger partial charge in [0.1, 0.15) is 0 Å². The van der Waals surface area contributed by atoms with Gasteiger partial charge in [-0.1, -0.05) is 13.0 Å². The Morgan fingerprint density at radius 1 is 1.47 bits per heavy atom. The van der Waals surface area contributed by atoms with Crippen molar-refractivity contribution in [2.45, 2.75) is 45.8 Å². The Balaban J connectivity index is 2.77. The number of rotatable bonds is 5. The second kappa shape index (κ2) is 6.35. The minimum absolute atomic E-state index is 0.00634. The Labute approximate surface area is 103 Å². The Morgan fingerprint density at radius 2 is 2.18 bits per heavy atom. The van der Waals surface area contributed by atoms with E-state index in [1.807, 2.05) is 39.0 Å². The summed E-state index contributed by atoms with van der Waals surface area (Å²) in [6.07, 6.45) is 2.39. The maximum Gasteiger partial charge on any atom is 0.240 e. The molecule has 0 aliphatic heterocycles. The number of carbonyl (C=O) groups is 1. The molecule has 17 heavy (non-hydrogen) atoms. The van der Waals surface area contributed by atoms with E-state index in [-0.39, 0.29) is 11.9 Å². The molecule has 0 fully saturated rings. The molecule has 0 bridgehead atoms. The average Bonchev–Trinajstić information content (AvgIpc) is 2.35. The summed E-state index contributed by atoms with van der Waals surface area (Å²) < 4.78 is 0. The standard InChI is InChI=1S/C13H21N3O/c1-4-12(14)13(17)16(10(2)3)9-11-7-5-6-8-15-11/h5-8,10,12H,4,9,14H2,1-3H3/t12-/m1/s1. The van der Waals surface area contributed by atoms with Crippen molar-refractivity contribution in [3.05, 3.63) is 30.1 Å². The number of nitrogens with zero attached hydrogens (tertiary/aromatic N) is 2. The van der Waals surface area contributed by atoms with E-state index >= 15 is 0 Å². The third-order valence-corrected chi connectivity index (χ3v) is 2.72. The summed E-state index contributed by atoms with van der Waals surface area (Å²) in [7, 11) is 0. The van der Waals surface area contributed by atoms with Crippen LogP contribution in [0.3, 0.4) is 0 Å². The maximum atomic E-state index is 12.1. The normalized spacial score (nSPS) is 12.5. The van der Waals surface area contributed by atoms with E-state index in [1.54, 1.807) is 11.1 Å². The van der Waals surface area contributed by atoms with Crippen molar-refractivity contribution in [3.8, 4) is 0 Å². The minimum atomic E-state index is -0.416. The van der Waals surface area contributed by atoms with Crippen molar-refractivity contribution < 1.29 is 4.79 Å². The molecule has 0 radical (unpaired) electrons. The van der Waals surface area contributed by atoms with Crippen LogP contribution in [0.15, 0.2) is 24.4 Å². The Morgan fingerprint density at radius 3 is 2.65 bits per heavy atom. The van der Waals surface area contributed by atoms with Gasteiger partial charge in [0.15, 0.2) is 0 Å². The van der Waals surface area contributed by atoms with Crippen molar-refractivity contribution in [2.75, 3.05) is 0 Å². The van der Waals surface area contributed by atoms with E-state index in [2.05, 4.69) is 4.98 Å². The molecule has 1 aromatic rings. The lowest BCUT2D eigenvalue weighted by Gasteiger charge is -2.28. The van der Waals surface area contributed by atoms with Crippen molar-refractivity contribution in [3.63, 3.8) is 0 Å². The number of hydrogen-bond donors (Lipinski definition) is 1. The van der Waals surface area contributed by atoms with Gasteiger partial charge in [0.05, 0.1) is 18.3 Å². The first kappa shape index (κ1) is 13.6. The molecule has 0 saturated heterocycles. The molecule has 94 valence electrons. The molecular formula is C13H21N3O. The summed E-state index contributed by atoms with van der Waals surface area (Å²) in [6, 6.07) is 5.41. The van der Waals surface area contributed by atoms with Crippen LogP contribution in [0.1, 0.15) is 32.9 Å². The van der Waals surface area contributed by atoms with E-state index < -0.39 is 6.04 Å². The monoisotopic (exact) mass is 235 g/mol. The first-order valence-electron chi connectivity index (χ1n) is 6.02. The van der Waals surface area contributed by atoms with E-state index in [4.69, 9.17) is 5.73 Å². The fourth-order valence-electron chi connectivity index (χ4n) is 1.57. The van der Waals surface area contributed by atoms with Crippen LogP contribution >= 0.6 is 0 Å². The summed E-state index contributed by atoms with van der Waals surface area (Å²) in [5.74, 6) is -0.00634. The van der Waals surface area contributed by atoms with Crippen LogP contribution in [0.5, 0.6) is 0 Å². The number of amides is 1. The second-order valence-corrected chi connectivity index (χ2v) is 4.40. The SMILES string of the molecule is CC[C@@H](N)C(=O)N(Cc1ccccn1)C(C)C. The zero-order chi connectivity index (χ0) is 12.8. The van der Waals surface area contributed by atoms with E-state index in [1.165, 1.54) is 0 Å². The number of nitrogens with two attached hydrogens (primary N) is 1. The highest BCUT2D eigenvalue weighted by atomic mass is 16.2. The number of carbonyl (C=O) groups excluding carboxylic acids is 1. The zero-order valence-corrected chi connectivity index (χ0v) is 10.8. The van der Waals surface area contributed by atoms with Gasteiger partial charge in [0.2, 0.25) is 5.91 Å². The average molecular weight is 235 g/mol. The topological polar surface area (TPSA) is 59.2 Å². The van der Waals surface area contributed by atoms with E-state index in [0.717, 1.165) is 5.69 Å². The van der Waals surface area contributed by atoms with Crippen molar-refractivity contribution in [1.82, 2.24) is 9.88 Å². The van der Waals surface area contributed by atoms with Crippen LogP contribution in [0.2, 0.25) is 0 Å². The highest BCUT2D eigenvalue weighted by Crippen LogP contribution is 2.08. The minimum Gasteiger partial charge on any atom is -0.333 e. The lowest BCUT2D eigenvalue weighted by atomic mass is 10.1. The quantitative estimate of drug-likeness (QED) is 0.842. The molecular weight excluding hydrogens is 214 g/mol. The molecule has 0 aromatic carbocycles. The van der Waals surface area contributed by atoms with Crippen LogP contribution in [-0.4, -0.2) is 27.9 Å². The van der Waals surface area contributed by atoms with Gasteiger partial charge in [-0.15, -0.1) is 0 Å². The molecule has 1 aromatic heterocycles. The van der Waals surface area contributed by atoms with Crippen molar-refractivity contribution in [2.24, 2.45) is 5.73 Å². The zero-order valence-electron chi connectivity index (χ0n) is 10.8. The predicted octanol–water partition coefficient (Wildman–Crippen LogP) is 1.56. The second-order valence-electron chi connectivity index (χ2n) is 4.40. The molecule has 0 spiro atoms. The van der Waals surface area contributed by atoms with Crippen LogP contribution in [0, 0.1) is 0 Å². The molecule has 2 N–H and O–H groups in total. The molecule has 1 atom stereocenters. The maximum absolute atomic E-state index is 12.1. The van der Waals surface area contributed by atoms with E-state index in [0.29, 0.717) is 13.0 Å². The molecule has 1 rings (SSSR count). The fraction of sp³-hybridized carbons (Fsp3) is 0.538. The van der Waals surface area contributed by atoms with Gasteiger partial charge in [0.25, 0.3) is 0 Å². The lowest BCUT2D eigenvalue weighted by molar-refractivity contribution is -0.135. The molecule has 0 aliphatic rings. The Bertz CT molecular complexity index is 351. The molecule has 0 unspecified atom stereocenters. The molecule has 0 saturated carbocycles. The van der Waals surface area contributed by atoms with Gasteiger partial charge < -0.3 is 10.6 Å². The van der Waals surface area contributed by atoms with Crippen LogP contribution in [0.4, 0.5) is 0 Å². The van der Waals surface area contributed by atoms with Gasteiger partial charge in [-0.05, 0) is 32.4 Å². The van der Waals surface area contributed by atoms with Gasteiger partial charge in [-0.3, -0.25) is 9.78 Å². The third-order valence-electron chi connectivity index (χ3n) is 2.72. The van der Waals surface area contributed by atoms with E-state index in [9.17, 15) is 4.79 Å². The molecule has 1 amide bonds. The Hall–Kier alpha value is -1.42. The number of pyridine rings is 1. The van der Waals surface area contributed by atoms with Gasteiger partial charge in [-0.2, -0.15) is 0 Å². The number of aromatic nitrogens is 1. The van der Waals surface area contributed by atoms with Gasteiger partial charge in [-0.25, -0.2) is 0 Å². The van der Waals surface area contributed by atoms with Crippen LogP contribution in [0.25, 0.3) is 0 Å². The number of hydrogen-bond acceptors (Lipinski definition) is 3. The van der Waals surface area contributed by atoms with Crippen LogP contribution in [-0.2, 0) is 11.3 Å².